The molecule has 4 rings (SSSR count). The van der Waals surface area contributed by atoms with Crippen LogP contribution < -0.4 is 10.2 Å². The lowest BCUT2D eigenvalue weighted by atomic mass is 10.2. The van der Waals surface area contributed by atoms with Crippen LogP contribution >= 0.6 is 11.3 Å². The molecule has 0 bridgehead atoms. The SMILES string of the molecule is Cc1nc(N2C(=O)N(Cc3ccc(F)cc3)CC2O)sc1C(=O)NCc1cccnc1. The number of carbonyl (C=O) groups excluding carboxylic acids is 2. The Kier molecular flexibility index (Phi) is 5.92. The van der Waals surface area contributed by atoms with E-state index in [-0.39, 0.29) is 29.9 Å². The Morgan fingerprint density at radius 2 is 2.06 bits per heavy atom. The van der Waals surface area contributed by atoms with E-state index in [1.54, 1.807) is 37.5 Å². The Morgan fingerprint density at radius 1 is 1.29 bits per heavy atom. The van der Waals surface area contributed by atoms with E-state index in [2.05, 4.69) is 15.3 Å². The molecule has 2 N–H and O–H groups in total. The van der Waals surface area contributed by atoms with Gasteiger partial charge in [-0.3, -0.25) is 9.78 Å². The molecule has 0 radical (unpaired) electrons. The van der Waals surface area contributed by atoms with Crippen LogP contribution in [-0.2, 0) is 13.1 Å². The first-order chi connectivity index (χ1) is 14.9. The van der Waals surface area contributed by atoms with Crippen molar-refractivity contribution in [3.8, 4) is 0 Å². The number of urea groups is 1. The van der Waals surface area contributed by atoms with Crippen LogP contribution in [0.1, 0.15) is 26.5 Å². The van der Waals surface area contributed by atoms with Gasteiger partial charge in [-0.2, -0.15) is 0 Å². The summed E-state index contributed by atoms with van der Waals surface area (Å²) in [5.41, 5.74) is 2.08. The number of hydrogen-bond acceptors (Lipinski definition) is 6. The number of benzene rings is 1. The molecule has 31 heavy (non-hydrogen) atoms. The second-order valence-electron chi connectivity index (χ2n) is 7.10. The summed E-state index contributed by atoms with van der Waals surface area (Å²) in [6.07, 6.45) is 2.23. The van der Waals surface area contributed by atoms with Crippen molar-refractivity contribution >= 4 is 28.4 Å². The van der Waals surface area contributed by atoms with E-state index in [9.17, 15) is 19.1 Å². The van der Waals surface area contributed by atoms with E-state index >= 15 is 0 Å². The first-order valence-electron chi connectivity index (χ1n) is 9.57. The van der Waals surface area contributed by atoms with Crippen molar-refractivity contribution in [2.75, 3.05) is 11.4 Å². The summed E-state index contributed by atoms with van der Waals surface area (Å²) in [7, 11) is 0. The van der Waals surface area contributed by atoms with E-state index in [1.165, 1.54) is 21.9 Å². The lowest BCUT2D eigenvalue weighted by molar-refractivity contribution is 0.0954. The molecule has 1 aliphatic heterocycles. The lowest BCUT2D eigenvalue weighted by Gasteiger charge is -2.17. The average molecular weight is 441 g/mol. The van der Waals surface area contributed by atoms with Gasteiger partial charge in [0.05, 0.1) is 12.2 Å². The van der Waals surface area contributed by atoms with Crippen molar-refractivity contribution in [2.45, 2.75) is 26.2 Å². The quantitative estimate of drug-likeness (QED) is 0.613. The summed E-state index contributed by atoms with van der Waals surface area (Å²) in [6, 6.07) is 9.05. The van der Waals surface area contributed by atoms with Gasteiger partial charge in [-0.1, -0.05) is 29.5 Å². The number of thiazole rings is 1. The van der Waals surface area contributed by atoms with Crippen molar-refractivity contribution < 1.29 is 19.1 Å². The molecule has 1 aromatic carbocycles. The number of aromatic nitrogens is 2. The molecular weight excluding hydrogens is 421 g/mol. The van der Waals surface area contributed by atoms with Crippen molar-refractivity contribution in [1.82, 2.24) is 20.2 Å². The molecule has 3 aromatic rings. The number of anilines is 1. The maximum absolute atomic E-state index is 13.1. The number of pyridine rings is 1. The van der Waals surface area contributed by atoms with Gasteiger partial charge in [-0.05, 0) is 36.2 Å². The van der Waals surface area contributed by atoms with Crippen LogP contribution in [0.2, 0.25) is 0 Å². The Hall–Kier alpha value is -3.37. The minimum absolute atomic E-state index is 0.0807. The molecule has 1 aliphatic rings. The summed E-state index contributed by atoms with van der Waals surface area (Å²) < 4.78 is 13.1. The first-order valence-corrected chi connectivity index (χ1v) is 10.4. The van der Waals surface area contributed by atoms with Crippen LogP contribution in [0.15, 0.2) is 48.8 Å². The smallest absolute Gasteiger partial charge is 0.328 e. The molecule has 8 nitrogen and oxygen atoms in total. The fourth-order valence-corrected chi connectivity index (χ4v) is 4.27. The molecule has 0 saturated carbocycles. The van der Waals surface area contributed by atoms with Crippen LogP contribution in [0.5, 0.6) is 0 Å². The number of rotatable bonds is 6. The standard InChI is InChI=1S/C21H20FN5O3S/c1-13-18(19(29)24-10-15-3-2-8-23-9-15)31-20(25-13)27-17(28)12-26(21(27)30)11-14-4-6-16(22)7-5-14/h2-9,17,28H,10-12H2,1H3,(H,24,29). The predicted molar refractivity (Wildman–Crippen MR) is 113 cm³/mol. The molecule has 0 spiro atoms. The topological polar surface area (TPSA) is 98.7 Å². The fraction of sp³-hybridized carbons (Fsp3) is 0.238. The molecule has 3 amide bonds. The third-order valence-electron chi connectivity index (χ3n) is 4.82. The normalized spacial score (nSPS) is 16.1. The third-order valence-corrected chi connectivity index (χ3v) is 5.97. The number of aliphatic hydroxyl groups excluding tert-OH is 1. The number of nitrogens with zero attached hydrogens (tertiary/aromatic N) is 4. The van der Waals surface area contributed by atoms with Gasteiger partial charge < -0.3 is 15.3 Å². The summed E-state index contributed by atoms with van der Waals surface area (Å²) in [5, 5.41) is 13.5. The molecule has 1 unspecified atom stereocenters. The zero-order valence-corrected chi connectivity index (χ0v) is 17.5. The predicted octanol–water partition coefficient (Wildman–Crippen LogP) is 2.68. The molecule has 1 saturated heterocycles. The van der Waals surface area contributed by atoms with Gasteiger partial charge in [0, 0.05) is 25.5 Å². The van der Waals surface area contributed by atoms with E-state index in [4.69, 9.17) is 0 Å². The zero-order chi connectivity index (χ0) is 22.0. The highest BCUT2D eigenvalue weighted by Gasteiger charge is 2.39. The zero-order valence-electron chi connectivity index (χ0n) is 16.7. The van der Waals surface area contributed by atoms with Crippen molar-refractivity contribution in [1.29, 1.82) is 0 Å². The summed E-state index contributed by atoms with van der Waals surface area (Å²) >= 11 is 1.05. The number of nitrogens with one attached hydrogen (secondary N) is 1. The van der Waals surface area contributed by atoms with Crippen LogP contribution in [-0.4, -0.2) is 44.7 Å². The minimum Gasteiger partial charge on any atom is -0.371 e. The molecular formula is C21H20FN5O3S. The fourth-order valence-electron chi connectivity index (χ4n) is 3.25. The van der Waals surface area contributed by atoms with Gasteiger partial charge in [-0.15, -0.1) is 0 Å². The Bertz CT molecular complexity index is 1090. The molecule has 10 heteroatoms. The maximum atomic E-state index is 13.1. The number of amides is 3. The van der Waals surface area contributed by atoms with E-state index in [0.29, 0.717) is 17.1 Å². The Balaban J connectivity index is 1.46. The Labute approximate surface area is 182 Å². The van der Waals surface area contributed by atoms with Gasteiger partial charge in [-0.25, -0.2) is 19.1 Å². The molecule has 1 atom stereocenters. The minimum atomic E-state index is -1.09. The van der Waals surface area contributed by atoms with E-state index < -0.39 is 12.3 Å². The average Bonchev–Trinajstić information content (AvgIpc) is 3.27. The van der Waals surface area contributed by atoms with Gasteiger partial charge in [0.25, 0.3) is 5.91 Å². The molecule has 3 heterocycles. The second kappa shape index (κ2) is 8.78. The van der Waals surface area contributed by atoms with Gasteiger partial charge >= 0.3 is 6.03 Å². The largest absolute Gasteiger partial charge is 0.371 e. The number of β-amino-alcohol motifs (C(OH)–C–C–N with tert-alkyl or cyclic N) is 1. The number of hydrogen-bond donors (Lipinski definition) is 2. The lowest BCUT2D eigenvalue weighted by Crippen LogP contribution is -2.34. The maximum Gasteiger partial charge on any atom is 0.328 e. The number of aryl methyl sites for hydroxylation is 1. The van der Waals surface area contributed by atoms with Crippen LogP contribution in [0.25, 0.3) is 0 Å². The van der Waals surface area contributed by atoms with Gasteiger partial charge in [0.15, 0.2) is 11.4 Å². The van der Waals surface area contributed by atoms with Gasteiger partial charge in [0.2, 0.25) is 0 Å². The third kappa shape index (κ3) is 4.54. The van der Waals surface area contributed by atoms with Crippen molar-refractivity contribution in [3.05, 3.63) is 76.3 Å². The number of halogens is 1. The second-order valence-corrected chi connectivity index (χ2v) is 8.07. The highest BCUT2D eigenvalue weighted by molar-refractivity contribution is 7.17. The van der Waals surface area contributed by atoms with Crippen LogP contribution in [0.4, 0.5) is 14.3 Å². The summed E-state index contributed by atoms with van der Waals surface area (Å²) in [4.78, 5) is 36.8. The molecule has 160 valence electrons. The molecule has 2 aromatic heterocycles. The van der Waals surface area contributed by atoms with Crippen molar-refractivity contribution in [2.24, 2.45) is 0 Å². The van der Waals surface area contributed by atoms with Gasteiger partial charge in [0.1, 0.15) is 10.7 Å². The molecule has 1 fully saturated rings. The van der Waals surface area contributed by atoms with E-state index in [1.807, 2.05) is 6.07 Å². The monoisotopic (exact) mass is 441 g/mol. The summed E-state index contributed by atoms with van der Waals surface area (Å²) in [6.45, 7) is 2.31. The van der Waals surface area contributed by atoms with Crippen LogP contribution in [0.3, 0.4) is 0 Å². The Morgan fingerprint density at radius 3 is 2.77 bits per heavy atom. The number of carbonyl (C=O) groups is 2. The van der Waals surface area contributed by atoms with Crippen LogP contribution in [0, 0.1) is 12.7 Å². The summed E-state index contributed by atoms with van der Waals surface area (Å²) in [5.74, 6) is -0.667. The highest BCUT2D eigenvalue weighted by atomic mass is 32.1. The molecule has 0 aliphatic carbocycles. The van der Waals surface area contributed by atoms with Crippen molar-refractivity contribution in [3.63, 3.8) is 0 Å². The van der Waals surface area contributed by atoms with E-state index in [0.717, 1.165) is 22.5 Å². The first kappa shape index (κ1) is 20.9. The number of aliphatic hydroxyl groups is 1. The highest BCUT2D eigenvalue weighted by Crippen LogP contribution is 2.31.